The van der Waals surface area contributed by atoms with E-state index in [4.69, 9.17) is 5.11 Å². The number of nitrogens with one attached hydrogen (secondary N) is 1. The van der Waals surface area contributed by atoms with Gasteiger partial charge in [0.25, 0.3) is 0 Å². The molecule has 0 rings (SSSR count). The first-order chi connectivity index (χ1) is 11.9. The smallest absolute Gasteiger partial charge is 0.244 e. The molecule has 0 unspecified atom stereocenters. The number of carbonyl (C=O) groups is 1. The molecule has 0 heterocycles. The Labute approximate surface area is 154 Å². The van der Waals surface area contributed by atoms with Crippen molar-refractivity contribution in [3.05, 3.63) is 48.1 Å². The lowest BCUT2D eigenvalue weighted by atomic mass is 9.90. The molecule has 0 aromatic carbocycles. The molecule has 25 heavy (non-hydrogen) atoms. The van der Waals surface area contributed by atoms with Gasteiger partial charge in [0.1, 0.15) is 0 Å². The summed E-state index contributed by atoms with van der Waals surface area (Å²) < 4.78 is 0. The van der Waals surface area contributed by atoms with Crippen molar-refractivity contribution in [2.24, 2.45) is 17.8 Å². The zero-order chi connectivity index (χ0) is 19.1. The van der Waals surface area contributed by atoms with Crippen molar-refractivity contribution in [3.8, 4) is 0 Å². The second-order valence-electron chi connectivity index (χ2n) is 7.06. The molecule has 3 heteroatoms. The molecule has 3 atom stereocenters. The zero-order valence-electron chi connectivity index (χ0n) is 16.7. The molecule has 0 saturated heterocycles. The van der Waals surface area contributed by atoms with Crippen LogP contribution in [0.25, 0.3) is 0 Å². The predicted molar refractivity (Wildman–Crippen MR) is 108 cm³/mol. The first-order valence-electron chi connectivity index (χ1n) is 9.46. The summed E-state index contributed by atoms with van der Waals surface area (Å²) in [6, 6.07) is 0. The van der Waals surface area contributed by atoms with E-state index in [0.717, 1.165) is 0 Å². The largest absolute Gasteiger partial charge is 0.395 e. The third-order valence-corrected chi connectivity index (χ3v) is 4.09. The third-order valence-electron chi connectivity index (χ3n) is 4.09. The summed E-state index contributed by atoms with van der Waals surface area (Å²) in [5, 5.41) is 11.2. The summed E-state index contributed by atoms with van der Waals surface area (Å²) in [4.78, 5) is 11.3. The quantitative estimate of drug-likeness (QED) is 0.302. The van der Waals surface area contributed by atoms with Gasteiger partial charge in [-0.2, -0.15) is 0 Å². The lowest BCUT2D eigenvalue weighted by molar-refractivity contribution is -0.116. The summed E-state index contributed by atoms with van der Waals surface area (Å²) in [5.74, 6) is 1.70. The fourth-order valence-electron chi connectivity index (χ4n) is 2.78. The Morgan fingerprint density at radius 2 is 1.76 bits per heavy atom. The molecule has 0 spiro atoms. The highest BCUT2D eigenvalue weighted by Crippen LogP contribution is 2.21. The number of hydrogen-bond donors (Lipinski definition) is 2. The first kappa shape index (κ1) is 23.4. The molecular weight excluding hydrogens is 310 g/mol. The topological polar surface area (TPSA) is 49.3 Å². The molecule has 0 aliphatic carbocycles. The molecule has 0 fully saturated rings. The van der Waals surface area contributed by atoms with E-state index < -0.39 is 0 Å². The van der Waals surface area contributed by atoms with Crippen LogP contribution in [0.4, 0.5) is 0 Å². The van der Waals surface area contributed by atoms with E-state index in [2.05, 4.69) is 52.1 Å². The Balaban J connectivity index is 4.15. The molecule has 0 radical (unpaired) electrons. The van der Waals surface area contributed by atoms with Crippen LogP contribution < -0.4 is 5.32 Å². The number of carbonyl (C=O) groups excluding carboxylic acids is 1. The summed E-state index contributed by atoms with van der Waals surface area (Å²) in [6.45, 7) is 11.6. The standard InChI is InChI=1S/C22H37NO2/c1-6-18(2)15-20(4)17-21(5)16-19(3)11-9-7-8-10-12-22(25)23-13-14-24/h7-12,15,18-19,21,24H,6,13-14,16-17H2,1-5H3,(H,23,25)/b8-7+,11-9+,12-10+,20-15+/t18-,19+,21-/m0/s1. The third kappa shape index (κ3) is 14.4. The maximum absolute atomic E-state index is 11.3. The molecule has 0 aromatic rings. The van der Waals surface area contributed by atoms with Gasteiger partial charge < -0.3 is 10.4 Å². The highest BCUT2D eigenvalue weighted by atomic mass is 16.3. The average molecular weight is 348 g/mol. The van der Waals surface area contributed by atoms with Gasteiger partial charge in [0.2, 0.25) is 5.91 Å². The Morgan fingerprint density at radius 1 is 1.08 bits per heavy atom. The molecule has 0 aliphatic rings. The molecule has 0 aliphatic heterocycles. The van der Waals surface area contributed by atoms with Gasteiger partial charge in [0.15, 0.2) is 0 Å². The number of aliphatic hydroxyl groups excluding tert-OH is 1. The van der Waals surface area contributed by atoms with Crippen LogP contribution in [0.1, 0.15) is 53.9 Å². The van der Waals surface area contributed by atoms with Crippen LogP contribution in [0.5, 0.6) is 0 Å². The van der Waals surface area contributed by atoms with Crippen molar-refractivity contribution in [2.75, 3.05) is 13.2 Å². The van der Waals surface area contributed by atoms with Crippen molar-refractivity contribution >= 4 is 5.91 Å². The van der Waals surface area contributed by atoms with Gasteiger partial charge in [-0.15, -0.1) is 0 Å². The molecule has 2 N–H and O–H groups in total. The van der Waals surface area contributed by atoms with Crippen LogP contribution in [0, 0.1) is 17.8 Å². The molecule has 0 aromatic heterocycles. The van der Waals surface area contributed by atoms with Gasteiger partial charge in [-0.3, -0.25) is 4.79 Å². The number of aliphatic hydroxyl groups is 1. The predicted octanol–water partition coefficient (Wildman–Crippen LogP) is 4.81. The summed E-state index contributed by atoms with van der Waals surface area (Å²) in [6.07, 6.45) is 17.1. The molecule has 3 nitrogen and oxygen atoms in total. The van der Waals surface area contributed by atoms with E-state index in [1.54, 1.807) is 6.08 Å². The Morgan fingerprint density at radius 3 is 2.40 bits per heavy atom. The van der Waals surface area contributed by atoms with E-state index in [1.807, 2.05) is 18.2 Å². The maximum Gasteiger partial charge on any atom is 0.244 e. The number of amides is 1. The number of rotatable bonds is 12. The summed E-state index contributed by atoms with van der Waals surface area (Å²) >= 11 is 0. The maximum atomic E-state index is 11.3. The van der Waals surface area contributed by atoms with Crippen molar-refractivity contribution < 1.29 is 9.90 Å². The van der Waals surface area contributed by atoms with Crippen LogP contribution >= 0.6 is 0 Å². The van der Waals surface area contributed by atoms with Crippen LogP contribution in [0.2, 0.25) is 0 Å². The van der Waals surface area contributed by atoms with Gasteiger partial charge in [-0.25, -0.2) is 0 Å². The van der Waals surface area contributed by atoms with Gasteiger partial charge in [0, 0.05) is 12.6 Å². The van der Waals surface area contributed by atoms with Crippen LogP contribution in [0.3, 0.4) is 0 Å². The highest BCUT2D eigenvalue weighted by Gasteiger charge is 2.07. The minimum absolute atomic E-state index is 0.0403. The Bertz CT molecular complexity index is 474. The minimum atomic E-state index is -0.189. The second-order valence-corrected chi connectivity index (χ2v) is 7.06. The fourth-order valence-corrected chi connectivity index (χ4v) is 2.78. The lowest BCUT2D eigenvalue weighted by Crippen LogP contribution is -2.24. The summed E-state index contributed by atoms with van der Waals surface area (Å²) in [5.41, 5.74) is 1.50. The summed E-state index contributed by atoms with van der Waals surface area (Å²) in [7, 11) is 0. The minimum Gasteiger partial charge on any atom is -0.395 e. The molecule has 0 saturated carbocycles. The van der Waals surface area contributed by atoms with Gasteiger partial charge in [-0.1, -0.05) is 76.1 Å². The molecule has 0 bridgehead atoms. The van der Waals surface area contributed by atoms with Gasteiger partial charge >= 0.3 is 0 Å². The van der Waals surface area contributed by atoms with Crippen molar-refractivity contribution in [3.63, 3.8) is 0 Å². The van der Waals surface area contributed by atoms with Crippen molar-refractivity contribution in [1.82, 2.24) is 5.32 Å². The van der Waals surface area contributed by atoms with E-state index in [1.165, 1.54) is 30.9 Å². The number of hydrogen-bond acceptors (Lipinski definition) is 2. The molecule has 142 valence electrons. The fraction of sp³-hybridized carbons (Fsp3) is 0.591. The van der Waals surface area contributed by atoms with Gasteiger partial charge in [-0.05, 0) is 37.5 Å². The Kier molecular flexibility index (Phi) is 13.8. The van der Waals surface area contributed by atoms with E-state index >= 15 is 0 Å². The van der Waals surface area contributed by atoms with Crippen LogP contribution in [0.15, 0.2) is 48.1 Å². The molecular formula is C22H37NO2. The van der Waals surface area contributed by atoms with Gasteiger partial charge in [0.05, 0.1) is 6.61 Å². The normalized spacial score (nSPS) is 16.6. The lowest BCUT2D eigenvalue weighted by Gasteiger charge is -2.15. The molecule has 1 amide bonds. The van der Waals surface area contributed by atoms with E-state index in [0.29, 0.717) is 17.8 Å². The van der Waals surface area contributed by atoms with E-state index in [-0.39, 0.29) is 19.1 Å². The van der Waals surface area contributed by atoms with Crippen molar-refractivity contribution in [2.45, 2.75) is 53.9 Å². The number of allylic oxidation sites excluding steroid dienone is 7. The van der Waals surface area contributed by atoms with E-state index in [9.17, 15) is 4.79 Å². The second kappa shape index (κ2) is 14.7. The average Bonchev–Trinajstić information content (AvgIpc) is 2.55. The van der Waals surface area contributed by atoms with Crippen LogP contribution in [-0.4, -0.2) is 24.2 Å². The van der Waals surface area contributed by atoms with Crippen molar-refractivity contribution in [1.29, 1.82) is 0 Å². The zero-order valence-corrected chi connectivity index (χ0v) is 16.7. The highest BCUT2D eigenvalue weighted by molar-refractivity contribution is 5.87. The monoisotopic (exact) mass is 347 g/mol. The first-order valence-corrected chi connectivity index (χ1v) is 9.46. The Hall–Kier alpha value is -1.61. The SMILES string of the molecule is CC[C@H](C)/C=C(\C)C[C@@H](C)C[C@H](C)/C=C/C=C/C=C/C(=O)NCCO. The van der Waals surface area contributed by atoms with Crippen LogP contribution in [-0.2, 0) is 4.79 Å².